The van der Waals surface area contributed by atoms with E-state index in [1.807, 2.05) is 20.8 Å². The predicted octanol–water partition coefficient (Wildman–Crippen LogP) is 3.59. The van der Waals surface area contributed by atoms with Crippen molar-refractivity contribution in [2.24, 2.45) is 0 Å². The Morgan fingerprint density at radius 2 is 1.83 bits per heavy atom. The summed E-state index contributed by atoms with van der Waals surface area (Å²) in [5, 5.41) is 0.128. The summed E-state index contributed by atoms with van der Waals surface area (Å²) in [5.41, 5.74) is 0.754. The van der Waals surface area contributed by atoms with Crippen LogP contribution in [0.1, 0.15) is 53.3 Å². The van der Waals surface area contributed by atoms with Crippen LogP contribution in [0.4, 0.5) is 0 Å². The molecule has 0 fully saturated rings. The van der Waals surface area contributed by atoms with Gasteiger partial charge >= 0.3 is 0 Å². The van der Waals surface area contributed by atoms with Crippen LogP contribution in [0, 0.1) is 0 Å². The van der Waals surface area contributed by atoms with Crippen LogP contribution in [0.25, 0.3) is 0 Å². The molecule has 1 heterocycles. The summed E-state index contributed by atoms with van der Waals surface area (Å²) in [4.78, 5) is 8.48. The van der Waals surface area contributed by atoms with Gasteiger partial charge in [-0.3, -0.25) is 9.97 Å². The van der Waals surface area contributed by atoms with E-state index in [2.05, 4.69) is 48.6 Å². The third-order valence-electron chi connectivity index (χ3n) is 4.16. The molecule has 0 bridgehead atoms. The van der Waals surface area contributed by atoms with Crippen molar-refractivity contribution in [3.63, 3.8) is 0 Å². The number of hydrogen-bond acceptors (Lipinski definition) is 4. The maximum Gasteiger partial charge on any atom is 0.192 e. The molecule has 1 aromatic heterocycles. The lowest BCUT2D eigenvalue weighted by Crippen LogP contribution is -2.44. The second-order valence-corrected chi connectivity index (χ2v) is 15.1. The van der Waals surface area contributed by atoms with E-state index in [1.54, 1.807) is 18.6 Å². The van der Waals surface area contributed by atoms with Crippen molar-refractivity contribution in [2.75, 3.05) is 6.61 Å². The predicted molar refractivity (Wildman–Crippen MR) is 99.0 cm³/mol. The van der Waals surface area contributed by atoms with Gasteiger partial charge in [0.15, 0.2) is 8.32 Å². The lowest BCUT2D eigenvalue weighted by molar-refractivity contribution is 0.255. The number of aromatic nitrogens is 2. The normalized spacial score (nSPS) is 16.2. The fourth-order valence-corrected chi connectivity index (χ4v) is 3.30. The van der Waals surface area contributed by atoms with Crippen molar-refractivity contribution in [1.29, 1.82) is 0 Å². The molecule has 0 aromatic carbocycles. The molecule has 1 N–H and O–H groups in total. The van der Waals surface area contributed by atoms with Gasteiger partial charge in [-0.25, -0.2) is 8.93 Å². The summed E-state index contributed by atoms with van der Waals surface area (Å²) in [5.74, 6) is 0. The summed E-state index contributed by atoms with van der Waals surface area (Å²) < 4.78 is 21.6. The highest BCUT2D eigenvalue weighted by molar-refractivity contribution is 7.84. The van der Waals surface area contributed by atoms with E-state index < -0.39 is 19.3 Å². The van der Waals surface area contributed by atoms with Gasteiger partial charge < -0.3 is 4.43 Å². The van der Waals surface area contributed by atoms with Gasteiger partial charge in [-0.15, -0.1) is 0 Å². The fourth-order valence-electron chi connectivity index (χ4n) is 1.48. The molecular formula is C16H31N3O2SSi. The minimum atomic E-state index is -1.88. The van der Waals surface area contributed by atoms with Crippen LogP contribution in [0.3, 0.4) is 0 Å². The third kappa shape index (κ3) is 6.06. The van der Waals surface area contributed by atoms with Crippen LogP contribution in [-0.4, -0.2) is 33.8 Å². The summed E-state index contributed by atoms with van der Waals surface area (Å²) in [6.07, 6.45) is 4.98. The minimum Gasteiger partial charge on any atom is -0.415 e. The zero-order valence-electron chi connectivity index (χ0n) is 15.6. The Labute approximate surface area is 144 Å². The van der Waals surface area contributed by atoms with Crippen molar-refractivity contribution in [3.05, 3.63) is 24.3 Å². The first kappa shape index (κ1) is 20.4. The van der Waals surface area contributed by atoms with Crippen LogP contribution >= 0.6 is 0 Å². The molecule has 7 heteroatoms. The number of rotatable bonds is 6. The molecule has 0 aliphatic heterocycles. The first-order chi connectivity index (χ1) is 10.3. The third-order valence-corrected chi connectivity index (χ3v) is 10.3. The highest BCUT2D eigenvalue weighted by Crippen LogP contribution is 2.37. The molecule has 0 aliphatic carbocycles. The second kappa shape index (κ2) is 7.50. The Balaban J connectivity index is 2.92. The molecule has 23 heavy (non-hydrogen) atoms. The molecule has 0 saturated carbocycles. The summed E-state index contributed by atoms with van der Waals surface area (Å²) in [6, 6.07) is -0.238. The maximum absolute atomic E-state index is 12.5. The van der Waals surface area contributed by atoms with Crippen LogP contribution in [0.2, 0.25) is 18.1 Å². The molecule has 0 amide bonds. The maximum atomic E-state index is 12.5. The van der Waals surface area contributed by atoms with Crippen LogP contribution in [0.5, 0.6) is 0 Å². The first-order valence-electron chi connectivity index (χ1n) is 7.92. The van der Waals surface area contributed by atoms with Crippen molar-refractivity contribution in [1.82, 2.24) is 14.7 Å². The standard InChI is InChI=1S/C16H31N3O2SSi/c1-15(2,3)22(20)19-14(13-11-17-9-10-18-13)12-21-23(7,8)16(4,5)6/h9-11,14,19H,12H2,1-8H3/t14-,22?/m1/s1. The quantitative estimate of drug-likeness (QED) is 0.790. The summed E-state index contributed by atoms with van der Waals surface area (Å²) >= 11 is 0. The second-order valence-electron chi connectivity index (χ2n) is 8.25. The Kier molecular flexibility index (Phi) is 6.66. The Morgan fingerprint density at radius 1 is 1.22 bits per heavy atom. The average molecular weight is 358 g/mol. The zero-order valence-corrected chi connectivity index (χ0v) is 17.5. The molecule has 5 nitrogen and oxygen atoms in total. The monoisotopic (exact) mass is 357 g/mol. The van der Waals surface area contributed by atoms with Gasteiger partial charge in [-0.1, -0.05) is 20.8 Å². The number of nitrogens with one attached hydrogen (secondary N) is 1. The van der Waals surface area contributed by atoms with Gasteiger partial charge in [0.05, 0.1) is 40.3 Å². The van der Waals surface area contributed by atoms with E-state index in [9.17, 15) is 4.21 Å². The molecule has 0 saturated heterocycles. The highest BCUT2D eigenvalue weighted by atomic mass is 32.2. The number of nitrogens with zero attached hydrogens (tertiary/aromatic N) is 2. The average Bonchev–Trinajstić information content (AvgIpc) is 2.41. The van der Waals surface area contributed by atoms with Gasteiger partial charge in [-0.05, 0) is 38.9 Å². The van der Waals surface area contributed by atoms with E-state index in [-0.39, 0.29) is 15.8 Å². The molecule has 2 atom stereocenters. The van der Waals surface area contributed by atoms with Crippen molar-refractivity contribution in [2.45, 2.75) is 70.5 Å². The van der Waals surface area contributed by atoms with Crippen LogP contribution in [0.15, 0.2) is 18.6 Å². The van der Waals surface area contributed by atoms with Gasteiger partial charge in [0.25, 0.3) is 0 Å². The van der Waals surface area contributed by atoms with E-state index >= 15 is 0 Å². The molecule has 132 valence electrons. The largest absolute Gasteiger partial charge is 0.415 e. The van der Waals surface area contributed by atoms with Crippen LogP contribution in [-0.2, 0) is 15.4 Å². The lowest BCUT2D eigenvalue weighted by atomic mass is 10.2. The molecular weight excluding hydrogens is 326 g/mol. The van der Waals surface area contributed by atoms with Gasteiger partial charge in [0.2, 0.25) is 0 Å². The van der Waals surface area contributed by atoms with Crippen molar-refractivity contribution in [3.8, 4) is 0 Å². The van der Waals surface area contributed by atoms with Crippen molar-refractivity contribution < 1.29 is 8.63 Å². The molecule has 1 unspecified atom stereocenters. The Bertz CT molecular complexity index is 524. The van der Waals surface area contributed by atoms with E-state index in [4.69, 9.17) is 4.43 Å². The van der Waals surface area contributed by atoms with Crippen LogP contribution < -0.4 is 4.72 Å². The van der Waals surface area contributed by atoms with Crippen molar-refractivity contribution >= 4 is 19.3 Å². The lowest BCUT2D eigenvalue weighted by Gasteiger charge is -2.37. The summed E-state index contributed by atoms with van der Waals surface area (Å²) in [6.45, 7) is 17.3. The first-order valence-corrected chi connectivity index (χ1v) is 12.0. The number of hydrogen-bond donors (Lipinski definition) is 1. The summed E-state index contributed by atoms with van der Waals surface area (Å²) in [7, 11) is -3.08. The molecule has 0 radical (unpaired) electrons. The van der Waals surface area contributed by atoms with Gasteiger partial charge in [0.1, 0.15) is 0 Å². The minimum absolute atomic E-state index is 0.128. The van der Waals surface area contributed by atoms with Gasteiger partial charge in [-0.2, -0.15) is 0 Å². The molecule has 0 spiro atoms. The topological polar surface area (TPSA) is 64.1 Å². The molecule has 1 aromatic rings. The Morgan fingerprint density at radius 3 is 2.26 bits per heavy atom. The smallest absolute Gasteiger partial charge is 0.192 e. The highest BCUT2D eigenvalue weighted by Gasteiger charge is 2.38. The van der Waals surface area contributed by atoms with E-state index in [0.717, 1.165) is 5.69 Å². The van der Waals surface area contributed by atoms with E-state index in [1.165, 1.54) is 0 Å². The Hall–Kier alpha value is -0.633. The SMILES string of the molecule is CC(C)(C)S(=O)N[C@H](CO[Si](C)(C)C(C)(C)C)c1cnccn1. The molecule has 1 rings (SSSR count). The van der Waals surface area contributed by atoms with Gasteiger partial charge in [0, 0.05) is 12.4 Å². The van der Waals surface area contributed by atoms with E-state index in [0.29, 0.717) is 6.61 Å². The fraction of sp³-hybridized carbons (Fsp3) is 0.750. The molecule has 0 aliphatic rings. The zero-order chi connectivity index (χ0) is 17.9.